The van der Waals surface area contributed by atoms with Crippen molar-refractivity contribution >= 4 is 36.0 Å². The number of nitrogens with zero attached hydrogens (tertiary/aromatic N) is 1. The fourth-order valence-electron chi connectivity index (χ4n) is 6.28. The fraction of sp³-hybridized carbons (Fsp3) is 0.286. The molecule has 5 rings (SSSR count). The molecule has 1 aliphatic heterocycles. The van der Waals surface area contributed by atoms with Crippen LogP contribution in [0.15, 0.2) is 109 Å². The Morgan fingerprint density at radius 2 is 1.40 bits per heavy atom. The van der Waals surface area contributed by atoms with Gasteiger partial charge < -0.3 is 14.6 Å². The maximum Gasteiger partial charge on any atom is 0.261 e. The van der Waals surface area contributed by atoms with Gasteiger partial charge >= 0.3 is 0 Å². The van der Waals surface area contributed by atoms with Gasteiger partial charge in [-0.3, -0.25) is 4.79 Å². The first-order valence-electron chi connectivity index (χ1n) is 14.2. The average Bonchev–Trinajstić information content (AvgIpc) is 2.94. The van der Waals surface area contributed by atoms with Crippen LogP contribution in [0.4, 0.5) is 11.4 Å². The molecule has 0 fully saturated rings. The molecular formula is C35H40N2O2Si. The molecule has 1 amide bonds. The maximum atomic E-state index is 12.3. The van der Waals surface area contributed by atoms with E-state index in [0.29, 0.717) is 6.61 Å². The van der Waals surface area contributed by atoms with Crippen LogP contribution in [0.2, 0.25) is 5.04 Å². The van der Waals surface area contributed by atoms with Crippen LogP contribution in [-0.4, -0.2) is 20.3 Å². The fourth-order valence-corrected chi connectivity index (χ4v) is 10.8. The number of rotatable bonds is 7. The van der Waals surface area contributed by atoms with Crippen molar-refractivity contribution in [1.29, 1.82) is 0 Å². The molecule has 4 nitrogen and oxygen atoms in total. The number of anilines is 2. The molecule has 0 aliphatic carbocycles. The minimum atomic E-state index is -2.59. The van der Waals surface area contributed by atoms with Gasteiger partial charge in [-0.15, -0.1) is 0 Å². The number of carbonyl (C=O) groups excluding carboxylic acids is 1. The Morgan fingerprint density at radius 1 is 0.850 bits per heavy atom. The van der Waals surface area contributed by atoms with Gasteiger partial charge in [0.1, 0.15) is 0 Å². The van der Waals surface area contributed by atoms with Crippen molar-refractivity contribution in [3.05, 3.63) is 120 Å². The van der Waals surface area contributed by atoms with E-state index < -0.39 is 8.32 Å². The number of benzene rings is 4. The van der Waals surface area contributed by atoms with E-state index in [1.807, 2.05) is 23.1 Å². The molecule has 0 saturated carbocycles. The Morgan fingerprint density at radius 3 is 1.95 bits per heavy atom. The number of amides is 1. The highest BCUT2D eigenvalue weighted by Gasteiger charge is 2.50. The molecule has 0 saturated heterocycles. The highest BCUT2D eigenvalue weighted by Crippen LogP contribution is 2.39. The highest BCUT2D eigenvalue weighted by molar-refractivity contribution is 6.99. The lowest BCUT2D eigenvalue weighted by atomic mass is 9.91. The number of carbonyl (C=O) groups is 1. The summed E-state index contributed by atoms with van der Waals surface area (Å²) in [6.45, 7) is 11.2. The van der Waals surface area contributed by atoms with Gasteiger partial charge in [0.15, 0.2) is 0 Å². The van der Waals surface area contributed by atoms with Crippen molar-refractivity contribution in [2.45, 2.75) is 64.8 Å². The van der Waals surface area contributed by atoms with E-state index in [-0.39, 0.29) is 23.0 Å². The van der Waals surface area contributed by atoms with Crippen molar-refractivity contribution in [3.63, 3.8) is 0 Å². The number of para-hydroxylation sites is 1. The Kier molecular flexibility index (Phi) is 7.97. The first-order chi connectivity index (χ1) is 19.2. The second-order valence-corrected chi connectivity index (χ2v) is 16.2. The number of hydrogen-bond donors (Lipinski definition) is 1. The van der Waals surface area contributed by atoms with Crippen molar-refractivity contribution in [2.24, 2.45) is 0 Å². The maximum absolute atomic E-state index is 12.3. The predicted molar refractivity (Wildman–Crippen MR) is 169 cm³/mol. The summed E-state index contributed by atoms with van der Waals surface area (Å²) >= 11 is 0. The van der Waals surface area contributed by atoms with E-state index in [9.17, 15) is 4.79 Å². The average molecular weight is 549 g/mol. The molecule has 4 aromatic carbocycles. The van der Waals surface area contributed by atoms with E-state index in [0.717, 1.165) is 28.9 Å². The topological polar surface area (TPSA) is 41.6 Å². The van der Waals surface area contributed by atoms with E-state index in [4.69, 9.17) is 4.43 Å². The molecule has 0 radical (unpaired) electrons. The van der Waals surface area contributed by atoms with E-state index in [1.165, 1.54) is 10.4 Å². The molecule has 1 N–H and O–H groups in total. The Hall–Kier alpha value is -3.67. The number of fused-ring (bicyclic) bond motifs is 1. The highest BCUT2D eigenvalue weighted by atomic mass is 28.4. The van der Waals surface area contributed by atoms with Crippen molar-refractivity contribution in [3.8, 4) is 0 Å². The minimum absolute atomic E-state index is 0.0595. The summed E-state index contributed by atoms with van der Waals surface area (Å²) < 4.78 is 7.12. The van der Waals surface area contributed by atoms with Gasteiger partial charge in [0.25, 0.3) is 8.32 Å². The largest absolute Gasteiger partial charge is 0.403 e. The third-order valence-corrected chi connectivity index (χ3v) is 13.1. The predicted octanol–water partition coefficient (Wildman–Crippen LogP) is 7.06. The zero-order valence-electron chi connectivity index (χ0n) is 24.2. The monoisotopic (exact) mass is 548 g/mol. The zero-order chi connectivity index (χ0) is 28.3. The second-order valence-electron chi connectivity index (χ2n) is 11.9. The standard InChI is InChI=1S/C35H40N2O2Si/c1-26-24-33(32-18-12-13-19-34(32)37(26)27(2)38)36-29-22-20-28(21-23-29)25-39-40(35(3,4)5,30-14-8-6-9-15-30)31-16-10-7-11-17-31/h6-23,26,33,36H,24-25H2,1-5H3. The summed E-state index contributed by atoms with van der Waals surface area (Å²) in [6.07, 6.45) is 0.856. The Labute approximate surface area is 240 Å². The smallest absolute Gasteiger partial charge is 0.261 e. The Balaban J connectivity index is 1.38. The van der Waals surface area contributed by atoms with E-state index in [1.54, 1.807) is 6.92 Å². The second kappa shape index (κ2) is 11.4. The lowest BCUT2D eigenvalue weighted by Gasteiger charge is -2.43. The van der Waals surface area contributed by atoms with Gasteiger partial charge in [-0.2, -0.15) is 0 Å². The molecule has 1 aliphatic rings. The van der Waals surface area contributed by atoms with Crippen LogP contribution in [-0.2, 0) is 15.8 Å². The lowest BCUT2D eigenvalue weighted by molar-refractivity contribution is -0.117. The van der Waals surface area contributed by atoms with Crippen LogP contribution >= 0.6 is 0 Å². The van der Waals surface area contributed by atoms with Crippen LogP contribution in [0.5, 0.6) is 0 Å². The SMILES string of the molecule is CC(=O)N1c2ccccc2C(Nc2ccc(CO[Si](c3ccccc3)(c3ccccc3)C(C)(C)C)cc2)CC1C. The molecular weight excluding hydrogens is 508 g/mol. The first kappa shape index (κ1) is 27.9. The van der Waals surface area contributed by atoms with Crippen LogP contribution in [0, 0.1) is 0 Å². The van der Waals surface area contributed by atoms with Gasteiger partial charge in [-0.05, 0) is 58.1 Å². The minimum Gasteiger partial charge on any atom is -0.403 e. The third-order valence-electron chi connectivity index (χ3n) is 8.10. The molecule has 2 unspecified atom stereocenters. The van der Waals surface area contributed by atoms with Crippen LogP contribution < -0.4 is 20.6 Å². The zero-order valence-corrected chi connectivity index (χ0v) is 25.2. The number of hydrogen-bond acceptors (Lipinski definition) is 3. The molecule has 206 valence electrons. The van der Waals surface area contributed by atoms with Crippen LogP contribution in [0.25, 0.3) is 0 Å². The summed E-state index contributed by atoms with van der Waals surface area (Å²) in [7, 11) is -2.59. The summed E-state index contributed by atoms with van der Waals surface area (Å²) in [5.41, 5.74) is 4.38. The molecule has 5 heteroatoms. The summed E-state index contributed by atoms with van der Waals surface area (Å²) in [5, 5.41) is 6.25. The van der Waals surface area contributed by atoms with Crippen LogP contribution in [0.1, 0.15) is 58.2 Å². The molecule has 2 atom stereocenters. The van der Waals surface area contributed by atoms with Gasteiger partial charge in [0.05, 0.1) is 12.6 Å². The van der Waals surface area contributed by atoms with Crippen molar-refractivity contribution in [2.75, 3.05) is 10.2 Å². The summed E-state index contributed by atoms with van der Waals surface area (Å²) in [5.74, 6) is 0.0867. The molecule has 0 spiro atoms. The molecule has 40 heavy (non-hydrogen) atoms. The molecule has 4 aromatic rings. The van der Waals surface area contributed by atoms with Crippen molar-refractivity contribution in [1.82, 2.24) is 0 Å². The van der Waals surface area contributed by atoms with Gasteiger partial charge in [0.2, 0.25) is 5.91 Å². The van der Waals surface area contributed by atoms with Crippen LogP contribution in [0.3, 0.4) is 0 Å². The van der Waals surface area contributed by atoms with Gasteiger partial charge in [-0.1, -0.05) is 112 Å². The molecule has 0 aromatic heterocycles. The quantitative estimate of drug-likeness (QED) is 0.251. The number of nitrogens with one attached hydrogen (secondary N) is 1. The molecule has 0 bridgehead atoms. The van der Waals surface area contributed by atoms with Gasteiger partial charge in [0, 0.05) is 24.3 Å². The summed E-state index contributed by atoms with van der Waals surface area (Å²) in [6, 6.07) is 38.7. The van der Waals surface area contributed by atoms with Crippen molar-refractivity contribution < 1.29 is 9.22 Å². The lowest BCUT2D eigenvalue weighted by Crippen LogP contribution is -2.66. The summed E-state index contributed by atoms with van der Waals surface area (Å²) in [4.78, 5) is 14.3. The normalized spacial score (nSPS) is 17.3. The first-order valence-corrected chi connectivity index (χ1v) is 16.1. The third kappa shape index (κ3) is 5.36. The van der Waals surface area contributed by atoms with Gasteiger partial charge in [-0.25, -0.2) is 0 Å². The Bertz CT molecular complexity index is 1390. The molecule has 1 heterocycles. The van der Waals surface area contributed by atoms with E-state index in [2.05, 4.69) is 124 Å². The van der Waals surface area contributed by atoms with E-state index >= 15 is 0 Å².